The lowest BCUT2D eigenvalue weighted by Crippen LogP contribution is -2.09. The molecule has 0 aliphatic heterocycles. The third kappa shape index (κ3) is 2.91. The minimum atomic E-state index is 0.584. The Morgan fingerprint density at radius 1 is 1.33 bits per heavy atom. The molecule has 1 aromatic rings. The van der Waals surface area contributed by atoms with Crippen molar-refractivity contribution in [1.29, 1.82) is 0 Å². The molecule has 1 aromatic carbocycles. The minimum absolute atomic E-state index is 0.584. The smallest absolute Gasteiger partial charge is 0.0503 e. The van der Waals surface area contributed by atoms with Gasteiger partial charge in [-0.05, 0) is 29.5 Å². The standard InChI is InChI=1S/C13H21NS/c1-6-11-7-8-12(10(2)3)13(9-11)14(4)15-5/h7-10H,6H2,1-5H3. The van der Waals surface area contributed by atoms with Crippen LogP contribution in [0.2, 0.25) is 0 Å². The molecular formula is C13H21NS. The fourth-order valence-corrected chi connectivity index (χ4v) is 2.02. The Hall–Kier alpha value is -0.630. The number of hydrogen-bond acceptors (Lipinski definition) is 2. The Balaban J connectivity index is 3.16. The second-order valence-electron chi connectivity index (χ2n) is 4.08. The molecular weight excluding hydrogens is 202 g/mol. The zero-order valence-corrected chi connectivity index (χ0v) is 11.2. The zero-order valence-electron chi connectivity index (χ0n) is 10.4. The molecule has 0 saturated carbocycles. The molecule has 0 amide bonds. The van der Waals surface area contributed by atoms with Crippen molar-refractivity contribution in [2.75, 3.05) is 17.6 Å². The van der Waals surface area contributed by atoms with Gasteiger partial charge in [0.05, 0.1) is 5.69 Å². The van der Waals surface area contributed by atoms with Crippen molar-refractivity contribution >= 4 is 17.6 Å². The molecule has 0 radical (unpaired) electrons. The molecule has 0 N–H and O–H groups in total. The lowest BCUT2D eigenvalue weighted by molar-refractivity contribution is 0.863. The van der Waals surface area contributed by atoms with Gasteiger partial charge >= 0.3 is 0 Å². The molecule has 0 heterocycles. The average Bonchev–Trinajstić information content (AvgIpc) is 2.26. The van der Waals surface area contributed by atoms with E-state index in [9.17, 15) is 0 Å². The number of rotatable bonds is 4. The van der Waals surface area contributed by atoms with Crippen molar-refractivity contribution in [3.05, 3.63) is 29.3 Å². The second kappa shape index (κ2) is 5.45. The van der Waals surface area contributed by atoms with E-state index in [-0.39, 0.29) is 0 Å². The normalized spacial score (nSPS) is 10.8. The Morgan fingerprint density at radius 2 is 2.00 bits per heavy atom. The van der Waals surface area contributed by atoms with Crippen molar-refractivity contribution in [3.8, 4) is 0 Å². The molecule has 0 spiro atoms. The molecule has 84 valence electrons. The molecule has 0 aliphatic carbocycles. The van der Waals surface area contributed by atoms with Crippen LogP contribution in [-0.2, 0) is 6.42 Å². The van der Waals surface area contributed by atoms with E-state index in [0.717, 1.165) is 6.42 Å². The van der Waals surface area contributed by atoms with E-state index >= 15 is 0 Å². The summed E-state index contributed by atoms with van der Waals surface area (Å²) in [5, 5.41) is 0. The van der Waals surface area contributed by atoms with Gasteiger partial charge in [0.1, 0.15) is 0 Å². The molecule has 0 fully saturated rings. The topological polar surface area (TPSA) is 3.24 Å². The number of nitrogens with zero attached hydrogens (tertiary/aromatic N) is 1. The van der Waals surface area contributed by atoms with Gasteiger partial charge in [-0.3, -0.25) is 0 Å². The largest absolute Gasteiger partial charge is 0.319 e. The number of anilines is 1. The van der Waals surface area contributed by atoms with Gasteiger partial charge in [-0.2, -0.15) is 0 Å². The van der Waals surface area contributed by atoms with Crippen molar-refractivity contribution in [1.82, 2.24) is 0 Å². The first-order valence-corrected chi connectivity index (χ1v) is 6.69. The van der Waals surface area contributed by atoms with Crippen LogP contribution in [-0.4, -0.2) is 13.3 Å². The van der Waals surface area contributed by atoms with E-state index < -0.39 is 0 Å². The van der Waals surface area contributed by atoms with E-state index in [1.54, 1.807) is 11.9 Å². The molecule has 0 saturated heterocycles. The summed E-state index contributed by atoms with van der Waals surface area (Å²) in [7, 11) is 2.13. The highest BCUT2D eigenvalue weighted by Gasteiger charge is 2.10. The maximum atomic E-state index is 2.31. The van der Waals surface area contributed by atoms with Crippen LogP contribution in [0.25, 0.3) is 0 Å². The van der Waals surface area contributed by atoms with Gasteiger partial charge in [-0.25, -0.2) is 0 Å². The van der Waals surface area contributed by atoms with E-state index in [2.05, 4.69) is 56.6 Å². The summed E-state index contributed by atoms with van der Waals surface area (Å²) >= 11 is 1.76. The monoisotopic (exact) mass is 223 g/mol. The van der Waals surface area contributed by atoms with Crippen LogP contribution < -0.4 is 4.31 Å². The number of aryl methyl sites for hydroxylation is 1. The van der Waals surface area contributed by atoms with Crippen LogP contribution in [0, 0.1) is 0 Å². The first-order chi connectivity index (χ1) is 7.10. The van der Waals surface area contributed by atoms with Crippen LogP contribution in [0.5, 0.6) is 0 Å². The van der Waals surface area contributed by atoms with Gasteiger partial charge in [0, 0.05) is 13.3 Å². The molecule has 2 heteroatoms. The lowest BCUT2D eigenvalue weighted by atomic mass is 9.98. The van der Waals surface area contributed by atoms with Crippen LogP contribution in [0.1, 0.15) is 37.8 Å². The highest BCUT2D eigenvalue weighted by molar-refractivity contribution is 7.99. The van der Waals surface area contributed by atoms with Gasteiger partial charge in [-0.15, -0.1) is 0 Å². The van der Waals surface area contributed by atoms with E-state index in [1.165, 1.54) is 16.8 Å². The first-order valence-electron chi connectivity index (χ1n) is 5.50. The maximum absolute atomic E-state index is 2.31. The summed E-state index contributed by atoms with van der Waals surface area (Å²) in [5.41, 5.74) is 4.20. The third-order valence-electron chi connectivity index (χ3n) is 2.74. The third-order valence-corrected chi connectivity index (χ3v) is 3.48. The average molecular weight is 223 g/mol. The quantitative estimate of drug-likeness (QED) is 0.707. The summed E-state index contributed by atoms with van der Waals surface area (Å²) < 4.78 is 2.24. The molecule has 15 heavy (non-hydrogen) atoms. The fraction of sp³-hybridized carbons (Fsp3) is 0.538. The first kappa shape index (κ1) is 12.4. The van der Waals surface area contributed by atoms with Crippen molar-refractivity contribution < 1.29 is 0 Å². The summed E-state index contributed by atoms with van der Waals surface area (Å²) in [6.45, 7) is 6.70. The summed E-state index contributed by atoms with van der Waals surface area (Å²) in [6, 6.07) is 6.82. The van der Waals surface area contributed by atoms with Gasteiger partial charge in [0.25, 0.3) is 0 Å². The molecule has 0 atom stereocenters. The van der Waals surface area contributed by atoms with E-state index in [4.69, 9.17) is 0 Å². The fourth-order valence-electron chi connectivity index (χ4n) is 1.67. The van der Waals surface area contributed by atoms with Gasteiger partial charge < -0.3 is 4.31 Å². The highest BCUT2D eigenvalue weighted by Crippen LogP contribution is 2.30. The van der Waals surface area contributed by atoms with Crippen molar-refractivity contribution in [3.63, 3.8) is 0 Å². The maximum Gasteiger partial charge on any atom is 0.0503 e. The Kier molecular flexibility index (Phi) is 4.52. The highest BCUT2D eigenvalue weighted by atomic mass is 32.2. The van der Waals surface area contributed by atoms with Crippen LogP contribution >= 0.6 is 11.9 Å². The van der Waals surface area contributed by atoms with Crippen molar-refractivity contribution in [2.45, 2.75) is 33.1 Å². The molecule has 1 rings (SSSR count). The van der Waals surface area contributed by atoms with Gasteiger partial charge in [0.2, 0.25) is 0 Å². The minimum Gasteiger partial charge on any atom is -0.319 e. The molecule has 0 unspecified atom stereocenters. The number of hydrogen-bond donors (Lipinski definition) is 0. The molecule has 0 aromatic heterocycles. The SMILES string of the molecule is CCc1ccc(C(C)C)c(N(C)SC)c1. The van der Waals surface area contributed by atoms with Crippen LogP contribution in [0.4, 0.5) is 5.69 Å². The van der Waals surface area contributed by atoms with Gasteiger partial charge in [0.15, 0.2) is 0 Å². The summed E-state index contributed by atoms with van der Waals surface area (Å²) in [6.07, 6.45) is 3.22. The Bertz CT molecular complexity index is 320. The van der Waals surface area contributed by atoms with E-state index in [1.807, 2.05) is 0 Å². The molecule has 0 aliphatic rings. The Labute approximate surface area is 98.0 Å². The Morgan fingerprint density at radius 3 is 2.47 bits per heavy atom. The second-order valence-corrected chi connectivity index (χ2v) is 4.99. The summed E-state index contributed by atoms with van der Waals surface area (Å²) in [5.74, 6) is 0.584. The van der Waals surface area contributed by atoms with E-state index in [0.29, 0.717) is 5.92 Å². The van der Waals surface area contributed by atoms with Crippen LogP contribution in [0.15, 0.2) is 18.2 Å². The van der Waals surface area contributed by atoms with Crippen LogP contribution in [0.3, 0.4) is 0 Å². The number of benzene rings is 1. The predicted molar refractivity (Wildman–Crippen MR) is 71.8 cm³/mol. The summed E-state index contributed by atoms with van der Waals surface area (Å²) in [4.78, 5) is 0. The lowest BCUT2D eigenvalue weighted by Gasteiger charge is -2.22. The predicted octanol–water partition coefficient (Wildman–Crippen LogP) is 4.09. The molecule has 0 bridgehead atoms. The van der Waals surface area contributed by atoms with Crippen molar-refractivity contribution in [2.24, 2.45) is 0 Å². The zero-order chi connectivity index (χ0) is 11.4. The molecule has 1 nitrogen and oxygen atoms in total. The van der Waals surface area contributed by atoms with Gasteiger partial charge in [-0.1, -0.05) is 44.9 Å².